The monoisotopic (exact) mass is 693 g/mol. The molecule has 0 aliphatic rings. The lowest BCUT2D eigenvalue weighted by Crippen LogP contribution is -2.09. The summed E-state index contributed by atoms with van der Waals surface area (Å²) in [7, 11) is 0. The van der Waals surface area contributed by atoms with Crippen molar-refractivity contribution in [1.29, 1.82) is 0 Å². The van der Waals surface area contributed by atoms with Gasteiger partial charge in [-0.15, -0.1) is 11.3 Å². The average Bonchev–Trinajstić information content (AvgIpc) is 3.80. The van der Waals surface area contributed by atoms with E-state index in [1.165, 1.54) is 47.5 Å². The van der Waals surface area contributed by atoms with E-state index in [0.29, 0.717) is 0 Å². The summed E-state index contributed by atoms with van der Waals surface area (Å²) in [6.45, 7) is 0. The Labute approximate surface area is 310 Å². The molecule has 0 spiro atoms. The van der Waals surface area contributed by atoms with Gasteiger partial charge in [0, 0.05) is 59.0 Å². The van der Waals surface area contributed by atoms with Gasteiger partial charge in [-0.05, 0) is 81.4 Å². The number of benzene rings is 9. The van der Waals surface area contributed by atoms with Crippen LogP contribution in [0.2, 0.25) is 0 Å². The molecule has 0 unspecified atom stereocenters. The fourth-order valence-electron chi connectivity index (χ4n) is 8.11. The molecule has 3 heteroatoms. The Hall–Kier alpha value is -6.68. The number of fused-ring (bicyclic) bond motifs is 9. The quantitative estimate of drug-likeness (QED) is 0.178. The number of thiophene rings is 1. The van der Waals surface area contributed by atoms with Gasteiger partial charge in [0.2, 0.25) is 0 Å². The summed E-state index contributed by atoms with van der Waals surface area (Å²) in [5.41, 5.74) is 9.81. The predicted octanol–water partition coefficient (Wildman–Crippen LogP) is 15.1. The highest BCUT2D eigenvalue weighted by Crippen LogP contribution is 2.44. The summed E-state index contributed by atoms with van der Waals surface area (Å²) in [4.78, 5) is 2.37. The zero-order valence-corrected chi connectivity index (χ0v) is 29.5. The summed E-state index contributed by atoms with van der Waals surface area (Å²) in [6.07, 6.45) is 0. The molecular formula is C50H31NOS. The second-order valence-electron chi connectivity index (χ2n) is 13.7. The van der Waals surface area contributed by atoms with Crippen molar-refractivity contribution < 1.29 is 4.42 Å². The molecule has 0 fully saturated rings. The van der Waals surface area contributed by atoms with Gasteiger partial charge in [0.25, 0.3) is 0 Å². The summed E-state index contributed by atoms with van der Waals surface area (Å²) >= 11 is 1.85. The largest absolute Gasteiger partial charge is 0.455 e. The molecule has 0 N–H and O–H groups in total. The van der Waals surface area contributed by atoms with Crippen LogP contribution in [0.25, 0.3) is 85.9 Å². The highest BCUT2D eigenvalue weighted by molar-refractivity contribution is 7.25. The maximum absolute atomic E-state index is 6.86. The van der Waals surface area contributed by atoms with Crippen molar-refractivity contribution in [3.05, 3.63) is 188 Å². The molecule has 2 aromatic heterocycles. The topological polar surface area (TPSA) is 16.4 Å². The first kappa shape index (κ1) is 30.0. The molecular weight excluding hydrogens is 663 g/mol. The normalized spacial score (nSPS) is 11.8. The summed E-state index contributed by atoms with van der Waals surface area (Å²) in [6, 6.07) is 67.9. The minimum Gasteiger partial charge on any atom is -0.455 e. The van der Waals surface area contributed by atoms with Crippen molar-refractivity contribution in [1.82, 2.24) is 0 Å². The first-order valence-electron chi connectivity index (χ1n) is 18.0. The summed E-state index contributed by atoms with van der Waals surface area (Å²) in [5.74, 6) is 0. The minimum atomic E-state index is 0.909. The lowest BCUT2D eigenvalue weighted by atomic mass is 9.95. The summed E-state index contributed by atoms with van der Waals surface area (Å²) in [5, 5.41) is 9.63. The van der Waals surface area contributed by atoms with E-state index in [4.69, 9.17) is 4.42 Å². The third-order valence-corrected chi connectivity index (χ3v) is 11.8. The Balaban J connectivity index is 1.06. The Morgan fingerprint density at radius 1 is 0.340 bits per heavy atom. The van der Waals surface area contributed by atoms with Crippen LogP contribution >= 0.6 is 11.3 Å². The van der Waals surface area contributed by atoms with Gasteiger partial charge in [-0.3, -0.25) is 0 Å². The fraction of sp³-hybridized carbons (Fsp3) is 0. The molecule has 0 radical (unpaired) electrons. The van der Waals surface area contributed by atoms with Crippen LogP contribution in [0.15, 0.2) is 192 Å². The van der Waals surface area contributed by atoms with Gasteiger partial charge in [-0.2, -0.15) is 0 Å². The van der Waals surface area contributed by atoms with E-state index in [1.54, 1.807) is 0 Å². The maximum Gasteiger partial charge on any atom is 0.143 e. The predicted molar refractivity (Wildman–Crippen MR) is 227 cm³/mol. The van der Waals surface area contributed by atoms with E-state index in [1.807, 2.05) is 11.3 Å². The molecule has 0 aliphatic carbocycles. The third-order valence-electron chi connectivity index (χ3n) is 10.6. The smallest absolute Gasteiger partial charge is 0.143 e. The third kappa shape index (κ3) is 4.86. The van der Waals surface area contributed by atoms with E-state index < -0.39 is 0 Å². The van der Waals surface area contributed by atoms with E-state index in [-0.39, 0.29) is 0 Å². The number of anilines is 3. The van der Waals surface area contributed by atoms with Crippen molar-refractivity contribution >= 4 is 92.1 Å². The molecule has 0 amide bonds. The molecule has 0 saturated heterocycles. The molecule has 2 nitrogen and oxygen atoms in total. The molecule has 0 saturated carbocycles. The number of para-hydroxylation sites is 1. The maximum atomic E-state index is 6.86. The van der Waals surface area contributed by atoms with E-state index in [0.717, 1.165) is 55.5 Å². The lowest BCUT2D eigenvalue weighted by Gasteiger charge is -2.26. The molecule has 2 heterocycles. The number of rotatable bonds is 5. The summed E-state index contributed by atoms with van der Waals surface area (Å²) < 4.78 is 9.45. The van der Waals surface area contributed by atoms with Crippen LogP contribution in [-0.2, 0) is 0 Å². The second-order valence-corrected chi connectivity index (χ2v) is 14.8. The number of hydrogen-bond donors (Lipinski definition) is 0. The molecule has 53 heavy (non-hydrogen) atoms. The number of nitrogens with zero attached hydrogens (tertiary/aromatic N) is 1. The van der Waals surface area contributed by atoms with Crippen LogP contribution in [-0.4, -0.2) is 0 Å². The van der Waals surface area contributed by atoms with Gasteiger partial charge in [0.15, 0.2) is 0 Å². The first-order chi connectivity index (χ1) is 26.3. The molecule has 248 valence electrons. The van der Waals surface area contributed by atoms with Crippen molar-refractivity contribution in [3.8, 4) is 22.3 Å². The van der Waals surface area contributed by atoms with Gasteiger partial charge >= 0.3 is 0 Å². The molecule has 11 rings (SSSR count). The Kier molecular flexibility index (Phi) is 6.76. The Morgan fingerprint density at radius 2 is 0.962 bits per heavy atom. The van der Waals surface area contributed by atoms with Gasteiger partial charge in [-0.25, -0.2) is 0 Å². The molecule has 0 bridgehead atoms. The Bertz CT molecular complexity index is 3170. The van der Waals surface area contributed by atoms with Crippen LogP contribution in [0.5, 0.6) is 0 Å². The van der Waals surface area contributed by atoms with E-state index in [2.05, 4.69) is 193 Å². The van der Waals surface area contributed by atoms with Crippen LogP contribution in [0.3, 0.4) is 0 Å². The molecule has 9 aromatic carbocycles. The molecule has 0 atom stereocenters. The number of furan rings is 1. The van der Waals surface area contributed by atoms with Gasteiger partial charge in [0.1, 0.15) is 11.2 Å². The minimum absolute atomic E-state index is 0.909. The van der Waals surface area contributed by atoms with E-state index in [9.17, 15) is 0 Å². The van der Waals surface area contributed by atoms with Crippen molar-refractivity contribution in [2.45, 2.75) is 0 Å². The van der Waals surface area contributed by atoms with Crippen molar-refractivity contribution in [3.63, 3.8) is 0 Å². The number of hydrogen-bond acceptors (Lipinski definition) is 3. The first-order valence-corrected chi connectivity index (χ1v) is 18.8. The molecule has 0 aliphatic heterocycles. The molecule has 11 aromatic rings. The van der Waals surface area contributed by atoms with Crippen LogP contribution < -0.4 is 4.90 Å². The highest BCUT2D eigenvalue weighted by Gasteiger charge is 2.19. The van der Waals surface area contributed by atoms with Crippen LogP contribution in [0.4, 0.5) is 17.1 Å². The van der Waals surface area contributed by atoms with E-state index >= 15 is 0 Å². The fourth-order valence-corrected chi connectivity index (χ4v) is 9.25. The lowest BCUT2D eigenvalue weighted by molar-refractivity contribution is 0.674. The van der Waals surface area contributed by atoms with Gasteiger partial charge in [0.05, 0.1) is 0 Å². The highest BCUT2D eigenvalue weighted by atomic mass is 32.1. The van der Waals surface area contributed by atoms with Crippen LogP contribution in [0, 0.1) is 0 Å². The standard InChI is InChI=1S/C50H31NOS/c1-2-12-33(13-3-1)45-31-46-44-19-10-18-39(49(44)52-50(46)43-17-7-6-15-40(43)45)34-22-24-36(25-23-34)51(37-26-21-32-11-4-5-14-35(32)29-37)38-27-28-42-41-16-8-9-20-47(41)53-48(42)30-38/h1-31H. The Morgan fingerprint density at radius 3 is 1.83 bits per heavy atom. The van der Waals surface area contributed by atoms with Crippen molar-refractivity contribution in [2.75, 3.05) is 4.90 Å². The van der Waals surface area contributed by atoms with Crippen molar-refractivity contribution in [2.24, 2.45) is 0 Å². The zero-order chi connectivity index (χ0) is 34.9. The zero-order valence-electron chi connectivity index (χ0n) is 28.7. The van der Waals surface area contributed by atoms with Gasteiger partial charge < -0.3 is 9.32 Å². The van der Waals surface area contributed by atoms with Crippen LogP contribution in [0.1, 0.15) is 0 Å². The second kappa shape index (κ2) is 11.9. The SMILES string of the molecule is c1ccc(-c2cc3c4cccc(-c5ccc(N(c6ccc7ccccc7c6)c6ccc7c(c6)sc6ccccc67)cc5)c4oc3c3ccccc23)cc1. The van der Waals surface area contributed by atoms with Gasteiger partial charge in [-0.1, -0.05) is 140 Å². The average molecular weight is 694 g/mol.